The first-order valence-corrected chi connectivity index (χ1v) is 18.5. The number of rotatable bonds is 8. The molecule has 4 aliphatic carbocycles. The van der Waals surface area contributed by atoms with Crippen molar-refractivity contribution >= 4 is 24.8 Å². The summed E-state index contributed by atoms with van der Waals surface area (Å²) in [5.74, 6) is 2.68. The Bertz CT molecular complexity index is 1260. The first kappa shape index (κ1) is 40.3. The van der Waals surface area contributed by atoms with Crippen LogP contribution in [0, 0.1) is 22.7 Å². The van der Waals surface area contributed by atoms with Crippen molar-refractivity contribution in [3.05, 3.63) is 69.8 Å². The van der Waals surface area contributed by atoms with Gasteiger partial charge >= 0.3 is 0 Å². The van der Waals surface area contributed by atoms with Crippen LogP contribution >= 0.6 is 24.8 Å². The molecular formula is C42H68Cl2N2O. The SMILES string of the molecule is CC(C)c1ccc2c(c1)CC[C@@H]1[C@](C)(CN(CCN)C[C@]3(C)CCC[C@]4(C)c5ccc(C(C)C)cc5CC[C@H]34)CCC[C@]21C.Cl.Cl.O. The minimum atomic E-state index is 0. The molecule has 0 aliphatic heterocycles. The third-order valence-electron chi connectivity index (χ3n) is 14.0. The fourth-order valence-electron chi connectivity index (χ4n) is 11.8. The molecule has 266 valence electrons. The normalized spacial score (nSPS) is 32.7. The standard InChI is InChI=1S/C42H64N2.2ClH.H2O/c1-29(2)31-11-15-35-33(25-31)13-17-37-39(5,19-9-21-41(35,37)7)27-44(24-23-43)28-40(6)20-10-22-42(8)36-16-12-32(30(3)4)26-34(36)14-18-38(40)42;;;/h11-12,15-16,25-26,29-30,37-38H,9-10,13-14,17-24,27-28,43H2,1-8H3;2*1H;1H2/t37-,38-,39+,40+,41-,42-;;;/m1.../s1. The van der Waals surface area contributed by atoms with Crippen molar-refractivity contribution in [1.82, 2.24) is 4.90 Å². The summed E-state index contributed by atoms with van der Waals surface area (Å²) in [4.78, 5) is 2.87. The summed E-state index contributed by atoms with van der Waals surface area (Å²) in [5.41, 5.74) is 17.3. The Morgan fingerprint density at radius 3 is 1.45 bits per heavy atom. The summed E-state index contributed by atoms with van der Waals surface area (Å²) >= 11 is 0. The topological polar surface area (TPSA) is 60.8 Å². The van der Waals surface area contributed by atoms with Crippen LogP contribution in [0.2, 0.25) is 0 Å². The minimum absolute atomic E-state index is 0. The third kappa shape index (κ3) is 7.10. The van der Waals surface area contributed by atoms with E-state index >= 15 is 0 Å². The lowest BCUT2D eigenvalue weighted by Gasteiger charge is -2.59. The highest BCUT2D eigenvalue weighted by Gasteiger charge is 2.54. The molecule has 0 amide bonds. The van der Waals surface area contributed by atoms with E-state index in [0.717, 1.165) is 24.9 Å². The molecule has 0 spiro atoms. The van der Waals surface area contributed by atoms with Gasteiger partial charge in [0, 0.05) is 26.2 Å². The van der Waals surface area contributed by atoms with Gasteiger partial charge in [0.25, 0.3) is 0 Å². The molecule has 2 aromatic rings. The van der Waals surface area contributed by atoms with Gasteiger partial charge in [0.1, 0.15) is 0 Å². The predicted octanol–water partition coefficient (Wildman–Crippen LogP) is 9.93. The Hall–Kier alpha value is -1.10. The average molecular weight is 688 g/mol. The minimum Gasteiger partial charge on any atom is -0.412 e. The molecular weight excluding hydrogens is 619 g/mol. The van der Waals surface area contributed by atoms with Gasteiger partial charge in [0.15, 0.2) is 0 Å². The van der Waals surface area contributed by atoms with Crippen molar-refractivity contribution in [2.45, 2.75) is 142 Å². The molecule has 2 fully saturated rings. The molecule has 3 nitrogen and oxygen atoms in total. The van der Waals surface area contributed by atoms with E-state index in [2.05, 4.69) is 96.7 Å². The van der Waals surface area contributed by atoms with E-state index in [9.17, 15) is 0 Å². The molecule has 6 atom stereocenters. The smallest absolute Gasteiger partial charge is 0.0105 e. The first-order chi connectivity index (χ1) is 20.8. The van der Waals surface area contributed by atoms with Crippen LogP contribution < -0.4 is 5.73 Å². The molecule has 0 radical (unpaired) electrons. The van der Waals surface area contributed by atoms with Crippen molar-refractivity contribution in [2.75, 3.05) is 26.2 Å². The molecule has 0 heterocycles. The summed E-state index contributed by atoms with van der Waals surface area (Å²) < 4.78 is 0. The van der Waals surface area contributed by atoms with E-state index < -0.39 is 0 Å². The highest BCUT2D eigenvalue weighted by Crippen LogP contribution is 2.60. The van der Waals surface area contributed by atoms with E-state index in [1.54, 1.807) is 22.3 Å². The zero-order valence-electron chi connectivity index (χ0n) is 31.0. The average Bonchev–Trinajstić information content (AvgIpc) is 2.96. The number of nitrogens with zero attached hydrogens (tertiary/aromatic N) is 1. The van der Waals surface area contributed by atoms with E-state index in [4.69, 9.17) is 5.73 Å². The first-order valence-electron chi connectivity index (χ1n) is 18.5. The Kier molecular flexibility index (Phi) is 12.9. The molecule has 47 heavy (non-hydrogen) atoms. The van der Waals surface area contributed by atoms with Crippen LogP contribution in [0.1, 0.15) is 152 Å². The fraction of sp³-hybridized carbons (Fsp3) is 0.714. The molecule has 0 saturated heterocycles. The second kappa shape index (κ2) is 15.0. The fourth-order valence-corrected chi connectivity index (χ4v) is 11.8. The van der Waals surface area contributed by atoms with Crippen molar-refractivity contribution in [2.24, 2.45) is 28.4 Å². The number of halogens is 2. The summed E-state index contributed by atoms with van der Waals surface area (Å²) in [5, 5.41) is 0. The molecule has 5 heteroatoms. The summed E-state index contributed by atoms with van der Waals surface area (Å²) in [6.07, 6.45) is 13.3. The van der Waals surface area contributed by atoms with Gasteiger partial charge in [0.05, 0.1) is 0 Å². The maximum atomic E-state index is 6.40. The number of hydrogen-bond acceptors (Lipinski definition) is 2. The number of fused-ring (bicyclic) bond motifs is 6. The lowest BCUT2D eigenvalue weighted by atomic mass is 9.49. The number of hydrogen-bond donors (Lipinski definition) is 1. The van der Waals surface area contributed by atoms with Crippen LogP contribution in [-0.2, 0) is 23.7 Å². The van der Waals surface area contributed by atoms with Gasteiger partial charge < -0.3 is 16.1 Å². The maximum absolute atomic E-state index is 6.40. The summed E-state index contributed by atoms with van der Waals surface area (Å²) in [6, 6.07) is 15.1. The van der Waals surface area contributed by atoms with Crippen LogP contribution in [-0.4, -0.2) is 36.6 Å². The predicted molar refractivity (Wildman–Crippen MR) is 207 cm³/mol. The molecule has 0 bridgehead atoms. The molecule has 0 aromatic heterocycles. The molecule has 4 aliphatic rings. The van der Waals surface area contributed by atoms with E-state index in [0.29, 0.717) is 33.5 Å². The molecule has 2 saturated carbocycles. The van der Waals surface area contributed by atoms with Gasteiger partial charge in [-0.05, 0) is 130 Å². The lowest BCUT2D eigenvalue weighted by Crippen LogP contribution is -2.57. The lowest BCUT2D eigenvalue weighted by molar-refractivity contribution is -0.0392. The van der Waals surface area contributed by atoms with E-state index in [1.807, 2.05) is 0 Å². The van der Waals surface area contributed by atoms with Crippen molar-refractivity contribution < 1.29 is 5.48 Å². The van der Waals surface area contributed by atoms with Crippen molar-refractivity contribution in [3.8, 4) is 0 Å². The Balaban J connectivity index is 0.00000200. The van der Waals surface area contributed by atoms with Crippen LogP contribution in [0.3, 0.4) is 0 Å². The molecule has 0 unspecified atom stereocenters. The Labute approximate surface area is 300 Å². The second-order valence-electron chi connectivity index (χ2n) is 17.7. The monoisotopic (exact) mass is 686 g/mol. The largest absolute Gasteiger partial charge is 0.412 e. The zero-order valence-corrected chi connectivity index (χ0v) is 32.6. The van der Waals surface area contributed by atoms with E-state index in [1.165, 1.54) is 88.4 Å². The zero-order chi connectivity index (χ0) is 31.5. The Morgan fingerprint density at radius 1 is 0.681 bits per heavy atom. The highest BCUT2D eigenvalue weighted by molar-refractivity contribution is 5.85. The maximum Gasteiger partial charge on any atom is 0.0105 e. The van der Waals surface area contributed by atoms with E-state index in [-0.39, 0.29) is 30.3 Å². The van der Waals surface area contributed by atoms with Gasteiger partial charge in [-0.1, -0.05) is 105 Å². The summed E-state index contributed by atoms with van der Waals surface area (Å²) in [6.45, 7) is 24.1. The van der Waals surface area contributed by atoms with Gasteiger partial charge in [-0.3, -0.25) is 0 Å². The third-order valence-corrected chi connectivity index (χ3v) is 14.0. The number of nitrogens with two attached hydrogens (primary N) is 1. The van der Waals surface area contributed by atoms with Crippen LogP contribution in [0.15, 0.2) is 36.4 Å². The van der Waals surface area contributed by atoms with Crippen molar-refractivity contribution in [1.29, 1.82) is 0 Å². The molecule has 6 rings (SSSR count). The highest BCUT2D eigenvalue weighted by atomic mass is 35.5. The number of benzene rings is 2. The number of aryl methyl sites for hydroxylation is 2. The van der Waals surface area contributed by atoms with Crippen LogP contribution in [0.4, 0.5) is 0 Å². The Morgan fingerprint density at radius 2 is 1.09 bits per heavy atom. The molecule has 4 N–H and O–H groups in total. The van der Waals surface area contributed by atoms with Gasteiger partial charge in [-0.2, -0.15) is 0 Å². The second-order valence-corrected chi connectivity index (χ2v) is 17.7. The van der Waals surface area contributed by atoms with Gasteiger partial charge in [-0.25, -0.2) is 0 Å². The van der Waals surface area contributed by atoms with Crippen LogP contribution in [0.5, 0.6) is 0 Å². The van der Waals surface area contributed by atoms with Gasteiger partial charge in [-0.15, -0.1) is 24.8 Å². The molecule has 2 aromatic carbocycles. The van der Waals surface area contributed by atoms with Gasteiger partial charge in [0.2, 0.25) is 0 Å². The van der Waals surface area contributed by atoms with Crippen molar-refractivity contribution in [3.63, 3.8) is 0 Å². The summed E-state index contributed by atoms with van der Waals surface area (Å²) in [7, 11) is 0. The van der Waals surface area contributed by atoms with Crippen LogP contribution in [0.25, 0.3) is 0 Å². The quantitative estimate of drug-likeness (QED) is 0.300.